The lowest BCUT2D eigenvalue weighted by atomic mass is 9.99. The Hall–Kier alpha value is -2.19. The number of aromatic nitrogens is 1. The first kappa shape index (κ1) is 15.9. The van der Waals surface area contributed by atoms with Crippen LogP contribution in [0.1, 0.15) is 17.3 Å². The van der Waals surface area contributed by atoms with E-state index in [0.717, 1.165) is 14.2 Å². The summed E-state index contributed by atoms with van der Waals surface area (Å²) in [6.07, 6.45) is -4.83. The molecule has 0 aliphatic heterocycles. The Labute approximate surface area is 111 Å². The molecule has 2 N–H and O–H groups in total. The maximum atomic E-state index is 12.5. The van der Waals surface area contributed by atoms with Gasteiger partial charge in [-0.2, -0.15) is 13.2 Å². The molecule has 0 aromatic carbocycles. The third-order valence-corrected chi connectivity index (χ3v) is 2.65. The lowest BCUT2D eigenvalue weighted by Crippen LogP contribution is -2.32. The van der Waals surface area contributed by atoms with Gasteiger partial charge in [0.1, 0.15) is 11.5 Å². The van der Waals surface area contributed by atoms with E-state index in [9.17, 15) is 27.9 Å². The number of ketones is 1. The Bertz CT molecular complexity index is 579. The van der Waals surface area contributed by atoms with Crippen molar-refractivity contribution in [2.45, 2.75) is 13.1 Å². The molecule has 9 heteroatoms. The monoisotopic (exact) mass is 295 g/mol. The second-order valence-corrected chi connectivity index (χ2v) is 3.87. The number of aromatic amines is 1. The van der Waals surface area contributed by atoms with Crippen molar-refractivity contribution in [2.75, 3.05) is 14.2 Å². The van der Waals surface area contributed by atoms with Gasteiger partial charge in [0, 0.05) is 0 Å². The van der Waals surface area contributed by atoms with Crippen molar-refractivity contribution in [2.24, 2.45) is 5.92 Å². The number of Topliss-reactive ketones (excluding diaryl/α,β-unsaturated/α-hetero) is 1. The van der Waals surface area contributed by atoms with Crippen molar-refractivity contribution >= 4 is 5.78 Å². The summed E-state index contributed by atoms with van der Waals surface area (Å²) in [5, 5.41) is 9.75. The zero-order valence-corrected chi connectivity index (χ0v) is 10.8. The Kier molecular flexibility index (Phi) is 4.31. The van der Waals surface area contributed by atoms with E-state index in [1.54, 1.807) is 0 Å². The summed E-state index contributed by atoms with van der Waals surface area (Å²) in [4.78, 5) is 25.3. The summed E-state index contributed by atoms with van der Waals surface area (Å²) in [7, 11) is 2.24. The topological polar surface area (TPSA) is 88.6 Å². The van der Waals surface area contributed by atoms with Gasteiger partial charge in [0.25, 0.3) is 5.56 Å². The number of nitrogens with one attached hydrogen (secondary N) is 1. The summed E-state index contributed by atoms with van der Waals surface area (Å²) < 4.78 is 46.9. The molecular formula is C11H12F3NO5. The van der Waals surface area contributed by atoms with E-state index >= 15 is 0 Å². The number of rotatable bonds is 4. The van der Waals surface area contributed by atoms with Crippen LogP contribution >= 0.6 is 0 Å². The molecule has 1 unspecified atom stereocenters. The van der Waals surface area contributed by atoms with Gasteiger partial charge in [0.15, 0.2) is 11.5 Å². The summed E-state index contributed by atoms with van der Waals surface area (Å²) in [6.45, 7) is 0.595. The van der Waals surface area contributed by atoms with Gasteiger partial charge in [0.05, 0.1) is 14.2 Å². The highest BCUT2D eigenvalue weighted by atomic mass is 19.4. The summed E-state index contributed by atoms with van der Waals surface area (Å²) >= 11 is 0. The van der Waals surface area contributed by atoms with Crippen LogP contribution in [-0.4, -0.2) is 36.3 Å². The molecule has 1 rings (SSSR count). The molecule has 20 heavy (non-hydrogen) atoms. The van der Waals surface area contributed by atoms with Crippen molar-refractivity contribution in [1.82, 2.24) is 4.98 Å². The molecule has 0 aliphatic rings. The molecule has 1 aromatic heterocycles. The maximum Gasteiger partial charge on any atom is 0.398 e. The van der Waals surface area contributed by atoms with Crippen LogP contribution in [0.4, 0.5) is 13.2 Å². The number of carbonyl (C=O) groups is 1. The zero-order chi connectivity index (χ0) is 15.7. The second kappa shape index (κ2) is 5.43. The maximum absolute atomic E-state index is 12.5. The highest BCUT2D eigenvalue weighted by Crippen LogP contribution is 2.37. The SMILES string of the molecule is COc1[nH]c(=O)c(C(=O)C(C)C(F)(F)F)c(O)c1OC. The van der Waals surface area contributed by atoms with Gasteiger partial charge in [-0.15, -0.1) is 0 Å². The van der Waals surface area contributed by atoms with Gasteiger partial charge in [-0.25, -0.2) is 0 Å². The van der Waals surface area contributed by atoms with Gasteiger partial charge in [-0.1, -0.05) is 0 Å². The van der Waals surface area contributed by atoms with Gasteiger partial charge in [-0.3, -0.25) is 14.6 Å². The zero-order valence-electron chi connectivity index (χ0n) is 10.8. The van der Waals surface area contributed by atoms with Gasteiger partial charge in [-0.05, 0) is 6.92 Å². The first-order valence-corrected chi connectivity index (χ1v) is 5.33. The number of pyridine rings is 1. The number of methoxy groups -OCH3 is 2. The molecule has 1 heterocycles. The summed E-state index contributed by atoms with van der Waals surface area (Å²) in [5.74, 6) is -5.71. The lowest BCUT2D eigenvalue weighted by molar-refractivity contribution is -0.156. The normalized spacial score (nSPS) is 12.9. The summed E-state index contributed by atoms with van der Waals surface area (Å²) in [5.41, 5.74) is -2.21. The fraction of sp³-hybridized carbons (Fsp3) is 0.455. The molecular weight excluding hydrogens is 283 g/mol. The quantitative estimate of drug-likeness (QED) is 0.821. The number of carbonyl (C=O) groups excluding carboxylic acids is 1. The van der Waals surface area contributed by atoms with Crippen LogP contribution in [0.15, 0.2) is 4.79 Å². The Balaban J connectivity index is 3.47. The second-order valence-electron chi connectivity index (χ2n) is 3.87. The number of H-pyrrole nitrogens is 1. The van der Waals surface area contributed by atoms with Crippen molar-refractivity contribution in [3.05, 3.63) is 15.9 Å². The lowest BCUT2D eigenvalue weighted by Gasteiger charge is -2.16. The van der Waals surface area contributed by atoms with Gasteiger partial charge < -0.3 is 14.6 Å². The molecule has 0 aliphatic carbocycles. The number of halogens is 3. The molecule has 0 bridgehead atoms. The van der Waals surface area contributed by atoms with Crippen LogP contribution in [0.25, 0.3) is 0 Å². The molecule has 0 fully saturated rings. The molecule has 1 atom stereocenters. The van der Waals surface area contributed by atoms with Gasteiger partial charge >= 0.3 is 6.18 Å². The van der Waals surface area contributed by atoms with Crippen molar-refractivity contribution in [3.8, 4) is 17.4 Å². The minimum absolute atomic E-state index is 0.300. The smallest absolute Gasteiger partial charge is 0.398 e. The van der Waals surface area contributed by atoms with Crippen LogP contribution in [0.3, 0.4) is 0 Å². The Morgan fingerprint density at radius 3 is 2.25 bits per heavy atom. The standard InChI is InChI=1S/C11H12F3NO5/c1-4(11(12,13)14)6(16)5-7(17)8(19-2)10(20-3)15-9(5)18/h4H,1-3H3,(H2,15,17,18). The molecule has 6 nitrogen and oxygen atoms in total. The third kappa shape index (κ3) is 2.70. The first-order chi connectivity index (χ1) is 9.15. The third-order valence-electron chi connectivity index (χ3n) is 2.65. The van der Waals surface area contributed by atoms with Crippen LogP contribution in [0, 0.1) is 5.92 Å². The molecule has 0 saturated heterocycles. The predicted molar refractivity (Wildman–Crippen MR) is 61.4 cm³/mol. The van der Waals surface area contributed by atoms with Gasteiger partial charge in [0.2, 0.25) is 11.6 Å². The summed E-state index contributed by atoms with van der Waals surface area (Å²) in [6, 6.07) is 0. The van der Waals surface area contributed by atoms with E-state index in [1.807, 2.05) is 4.98 Å². The Morgan fingerprint density at radius 1 is 1.30 bits per heavy atom. The highest BCUT2D eigenvalue weighted by molar-refractivity contribution is 6.01. The average molecular weight is 295 g/mol. The van der Waals surface area contributed by atoms with Crippen LogP contribution in [0.2, 0.25) is 0 Å². The largest absolute Gasteiger partial charge is 0.503 e. The minimum atomic E-state index is -4.83. The van der Waals surface area contributed by atoms with E-state index in [2.05, 4.69) is 4.74 Å². The van der Waals surface area contributed by atoms with Crippen LogP contribution in [0.5, 0.6) is 17.4 Å². The molecule has 0 radical (unpaired) electrons. The predicted octanol–water partition coefficient (Wildman–Crippen LogP) is 1.48. The number of ether oxygens (including phenoxy) is 2. The highest BCUT2D eigenvalue weighted by Gasteiger charge is 2.43. The van der Waals surface area contributed by atoms with Crippen LogP contribution < -0.4 is 15.0 Å². The average Bonchev–Trinajstić information content (AvgIpc) is 2.35. The first-order valence-electron chi connectivity index (χ1n) is 5.33. The molecule has 112 valence electrons. The van der Waals surface area contributed by atoms with E-state index in [1.165, 1.54) is 0 Å². The van der Waals surface area contributed by atoms with E-state index < -0.39 is 40.5 Å². The van der Waals surface area contributed by atoms with E-state index in [4.69, 9.17) is 4.74 Å². The minimum Gasteiger partial charge on any atom is -0.503 e. The Morgan fingerprint density at radius 2 is 1.85 bits per heavy atom. The fourth-order valence-corrected chi connectivity index (χ4v) is 1.48. The van der Waals surface area contributed by atoms with Crippen molar-refractivity contribution in [3.63, 3.8) is 0 Å². The molecule has 1 aromatic rings. The molecule has 0 spiro atoms. The fourth-order valence-electron chi connectivity index (χ4n) is 1.48. The van der Waals surface area contributed by atoms with Crippen LogP contribution in [-0.2, 0) is 0 Å². The van der Waals surface area contributed by atoms with E-state index in [0.29, 0.717) is 6.92 Å². The number of aromatic hydroxyl groups is 1. The molecule has 0 saturated carbocycles. The number of hydrogen-bond donors (Lipinski definition) is 2. The van der Waals surface area contributed by atoms with E-state index in [-0.39, 0.29) is 5.88 Å². The number of alkyl halides is 3. The van der Waals surface area contributed by atoms with Crippen molar-refractivity contribution in [1.29, 1.82) is 0 Å². The number of hydrogen-bond acceptors (Lipinski definition) is 5. The van der Waals surface area contributed by atoms with Crippen molar-refractivity contribution < 1.29 is 32.5 Å². The molecule has 0 amide bonds.